The van der Waals surface area contributed by atoms with E-state index in [0.717, 1.165) is 56.5 Å². The van der Waals surface area contributed by atoms with Crippen LogP contribution in [0.3, 0.4) is 0 Å². The summed E-state index contributed by atoms with van der Waals surface area (Å²) in [7, 11) is 0. The van der Waals surface area contributed by atoms with Gasteiger partial charge in [-0.05, 0) is 55.0 Å². The van der Waals surface area contributed by atoms with Crippen molar-refractivity contribution in [1.82, 2.24) is 10.6 Å². The molecule has 0 spiro atoms. The average Bonchev–Trinajstić information content (AvgIpc) is 2.77. The van der Waals surface area contributed by atoms with Gasteiger partial charge in [0.2, 0.25) is 0 Å². The second-order valence-corrected chi connectivity index (χ2v) is 7.88. The quantitative estimate of drug-likeness (QED) is 0.260. The molecule has 1 heterocycles. The minimum Gasteiger partial charge on any atom is -0.381 e. The van der Waals surface area contributed by atoms with Gasteiger partial charge in [-0.1, -0.05) is 48.0 Å². The molecule has 1 saturated heterocycles. The van der Waals surface area contributed by atoms with Crippen LogP contribution in [0.4, 0.5) is 0 Å². The van der Waals surface area contributed by atoms with Crippen molar-refractivity contribution in [3.05, 3.63) is 70.2 Å². The van der Waals surface area contributed by atoms with E-state index in [1.807, 2.05) is 18.2 Å². The van der Waals surface area contributed by atoms with Crippen molar-refractivity contribution in [2.24, 2.45) is 4.99 Å². The molecule has 31 heavy (non-hydrogen) atoms. The summed E-state index contributed by atoms with van der Waals surface area (Å²) in [6.45, 7) is 6.56. The molecule has 1 aliphatic rings. The Morgan fingerprint density at radius 1 is 1.06 bits per heavy atom. The molecular weight excluding hydrogens is 525 g/mol. The summed E-state index contributed by atoms with van der Waals surface area (Å²) in [6, 6.07) is 16.4. The summed E-state index contributed by atoms with van der Waals surface area (Å²) in [6.07, 6.45) is 3.17. The molecule has 7 heteroatoms. The Morgan fingerprint density at radius 2 is 1.81 bits per heavy atom. The van der Waals surface area contributed by atoms with Crippen molar-refractivity contribution >= 4 is 41.5 Å². The maximum Gasteiger partial charge on any atom is 0.191 e. The standard InChI is InChI=1S/C24H32ClN3O2.HI/c1-2-26-24(27-12-9-19-5-4-8-22(25)16-19)28-17-20-6-3-7-21(15-20)18-30-23-10-13-29-14-11-23;/h3-8,15-16,23H,2,9-14,17-18H2,1H3,(H2,26,27,28);1H. The number of ether oxygens (including phenoxy) is 2. The first-order valence-corrected chi connectivity index (χ1v) is 11.1. The van der Waals surface area contributed by atoms with Gasteiger partial charge < -0.3 is 20.1 Å². The van der Waals surface area contributed by atoms with E-state index in [1.54, 1.807) is 0 Å². The monoisotopic (exact) mass is 557 g/mol. The second-order valence-electron chi connectivity index (χ2n) is 7.44. The Morgan fingerprint density at radius 3 is 2.58 bits per heavy atom. The van der Waals surface area contributed by atoms with Gasteiger partial charge in [0, 0.05) is 31.3 Å². The number of rotatable bonds is 9. The Labute approximate surface area is 208 Å². The molecule has 2 aromatic carbocycles. The fourth-order valence-electron chi connectivity index (χ4n) is 3.40. The summed E-state index contributed by atoms with van der Waals surface area (Å²) in [5, 5.41) is 7.48. The Hall–Kier alpha value is -1.35. The van der Waals surface area contributed by atoms with Crippen LogP contribution in [0, 0.1) is 0 Å². The topological polar surface area (TPSA) is 54.9 Å². The minimum absolute atomic E-state index is 0. The highest BCUT2D eigenvalue weighted by molar-refractivity contribution is 14.0. The van der Waals surface area contributed by atoms with Gasteiger partial charge >= 0.3 is 0 Å². The maximum absolute atomic E-state index is 6.06. The third-order valence-corrected chi connectivity index (χ3v) is 5.24. The zero-order valence-corrected chi connectivity index (χ0v) is 21.2. The van der Waals surface area contributed by atoms with Crippen molar-refractivity contribution in [1.29, 1.82) is 0 Å². The molecule has 5 nitrogen and oxygen atoms in total. The molecule has 170 valence electrons. The van der Waals surface area contributed by atoms with E-state index in [2.05, 4.69) is 47.9 Å². The molecule has 0 radical (unpaired) electrons. The van der Waals surface area contributed by atoms with Crippen LogP contribution >= 0.6 is 35.6 Å². The largest absolute Gasteiger partial charge is 0.381 e. The van der Waals surface area contributed by atoms with E-state index < -0.39 is 0 Å². The van der Waals surface area contributed by atoms with E-state index >= 15 is 0 Å². The van der Waals surface area contributed by atoms with Crippen LogP contribution in [0.15, 0.2) is 53.5 Å². The first kappa shape index (κ1) is 25.9. The van der Waals surface area contributed by atoms with Crippen molar-refractivity contribution in [2.45, 2.75) is 45.4 Å². The summed E-state index contributed by atoms with van der Waals surface area (Å²) in [5.74, 6) is 0.823. The highest BCUT2D eigenvalue weighted by Gasteiger charge is 2.14. The van der Waals surface area contributed by atoms with Gasteiger partial charge in [0.05, 0.1) is 19.3 Å². The van der Waals surface area contributed by atoms with Crippen LogP contribution < -0.4 is 10.6 Å². The van der Waals surface area contributed by atoms with E-state index in [9.17, 15) is 0 Å². The van der Waals surface area contributed by atoms with Crippen molar-refractivity contribution < 1.29 is 9.47 Å². The fraction of sp³-hybridized carbons (Fsp3) is 0.458. The van der Waals surface area contributed by atoms with E-state index in [-0.39, 0.29) is 24.0 Å². The van der Waals surface area contributed by atoms with Gasteiger partial charge in [-0.3, -0.25) is 0 Å². The number of hydrogen-bond donors (Lipinski definition) is 2. The summed E-state index contributed by atoms with van der Waals surface area (Å²) in [4.78, 5) is 4.73. The molecular formula is C24H33ClIN3O2. The summed E-state index contributed by atoms with van der Waals surface area (Å²) >= 11 is 6.06. The highest BCUT2D eigenvalue weighted by Crippen LogP contribution is 2.15. The van der Waals surface area contributed by atoms with E-state index in [0.29, 0.717) is 19.3 Å². The highest BCUT2D eigenvalue weighted by atomic mass is 127. The number of halogens is 2. The SMILES string of the molecule is CCNC(=NCc1cccc(COC2CCOCC2)c1)NCCc1cccc(Cl)c1.I. The molecule has 2 N–H and O–H groups in total. The van der Waals surface area contributed by atoms with Crippen LogP contribution in [-0.4, -0.2) is 38.4 Å². The first-order valence-electron chi connectivity index (χ1n) is 10.8. The lowest BCUT2D eigenvalue weighted by Gasteiger charge is -2.22. The van der Waals surface area contributed by atoms with Crippen LogP contribution in [0.25, 0.3) is 0 Å². The van der Waals surface area contributed by atoms with Gasteiger partial charge in [0.15, 0.2) is 5.96 Å². The number of benzene rings is 2. The van der Waals surface area contributed by atoms with Crippen LogP contribution in [0.5, 0.6) is 0 Å². The molecule has 3 rings (SSSR count). The third kappa shape index (κ3) is 9.76. The molecule has 0 unspecified atom stereocenters. The second kappa shape index (κ2) is 14.7. The van der Waals surface area contributed by atoms with Gasteiger partial charge in [-0.15, -0.1) is 24.0 Å². The van der Waals surface area contributed by atoms with Crippen molar-refractivity contribution in [3.8, 4) is 0 Å². The zero-order chi connectivity index (χ0) is 21.0. The van der Waals surface area contributed by atoms with Crippen molar-refractivity contribution in [2.75, 3.05) is 26.3 Å². The fourth-order valence-corrected chi connectivity index (χ4v) is 3.62. The van der Waals surface area contributed by atoms with E-state index in [4.69, 9.17) is 26.1 Å². The Balaban J connectivity index is 0.00000341. The molecule has 0 aliphatic carbocycles. The maximum atomic E-state index is 6.06. The predicted molar refractivity (Wildman–Crippen MR) is 138 cm³/mol. The molecule has 2 aromatic rings. The van der Waals surface area contributed by atoms with Gasteiger partial charge in [-0.2, -0.15) is 0 Å². The summed E-state index contributed by atoms with van der Waals surface area (Å²) in [5.41, 5.74) is 3.58. The average molecular weight is 558 g/mol. The number of nitrogens with one attached hydrogen (secondary N) is 2. The lowest BCUT2D eigenvalue weighted by molar-refractivity contribution is -0.0390. The first-order chi connectivity index (χ1) is 14.7. The third-order valence-electron chi connectivity index (χ3n) is 5.00. The lowest BCUT2D eigenvalue weighted by atomic mass is 10.1. The van der Waals surface area contributed by atoms with Gasteiger partial charge in [0.1, 0.15) is 0 Å². The number of guanidine groups is 1. The molecule has 0 saturated carbocycles. The predicted octanol–water partition coefficient (Wildman–Crippen LogP) is 4.95. The molecule has 0 atom stereocenters. The zero-order valence-electron chi connectivity index (χ0n) is 18.1. The van der Waals surface area contributed by atoms with Gasteiger partial charge in [0.25, 0.3) is 0 Å². The van der Waals surface area contributed by atoms with E-state index in [1.165, 1.54) is 16.7 Å². The number of hydrogen-bond acceptors (Lipinski definition) is 3. The van der Waals surface area contributed by atoms with Crippen LogP contribution in [0.1, 0.15) is 36.5 Å². The summed E-state index contributed by atoms with van der Waals surface area (Å²) < 4.78 is 11.4. The van der Waals surface area contributed by atoms with Crippen LogP contribution in [-0.2, 0) is 29.0 Å². The number of aliphatic imine (C=N–C) groups is 1. The molecule has 0 bridgehead atoms. The molecule has 0 aromatic heterocycles. The Bertz CT molecular complexity index is 813. The molecule has 1 aliphatic heterocycles. The minimum atomic E-state index is 0. The van der Waals surface area contributed by atoms with Crippen molar-refractivity contribution in [3.63, 3.8) is 0 Å². The molecule has 0 amide bonds. The normalized spacial score (nSPS) is 14.7. The molecule has 1 fully saturated rings. The smallest absolute Gasteiger partial charge is 0.191 e. The van der Waals surface area contributed by atoms with Crippen LogP contribution in [0.2, 0.25) is 5.02 Å². The number of nitrogens with zero attached hydrogens (tertiary/aromatic N) is 1. The van der Waals surface area contributed by atoms with Gasteiger partial charge in [-0.25, -0.2) is 4.99 Å². The Kier molecular flexibility index (Phi) is 12.3. The lowest BCUT2D eigenvalue weighted by Crippen LogP contribution is -2.38.